The zero-order valence-corrected chi connectivity index (χ0v) is 26.8. The van der Waals surface area contributed by atoms with Crippen molar-refractivity contribution in [3.05, 3.63) is 58.7 Å². The summed E-state index contributed by atoms with van der Waals surface area (Å²) in [6.45, 7) is 4.92. The summed E-state index contributed by atoms with van der Waals surface area (Å²) in [5.41, 5.74) is 10.2. The van der Waals surface area contributed by atoms with E-state index in [1.165, 1.54) is 142 Å². The number of anilines is 2. The van der Waals surface area contributed by atoms with Crippen LogP contribution in [-0.4, -0.2) is 19.3 Å². The molecule has 5 fully saturated rings. The quantitative estimate of drug-likeness (QED) is 0.343. The average Bonchev–Trinajstić information content (AvgIpc) is 3.45. The molecule has 4 aliphatic carbocycles. The van der Waals surface area contributed by atoms with Gasteiger partial charge >= 0.3 is 0 Å². The molecule has 0 bridgehead atoms. The first-order valence-corrected chi connectivity index (χ1v) is 18.6. The Morgan fingerprint density at radius 3 is 0.929 bits per heavy atom. The van der Waals surface area contributed by atoms with Gasteiger partial charge in [0.15, 0.2) is 0 Å². The summed E-state index contributed by atoms with van der Waals surface area (Å²) in [5.74, 6) is 3.02. The highest BCUT2D eigenvalue weighted by molar-refractivity contribution is 5.69. The van der Waals surface area contributed by atoms with Crippen LogP contribution in [0.25, 0.3) is 0 Å². The van der Waals surface area contributed by atoms with Crippen LogP contribution in [0.15, 0.2) is 36.4 Å². The first kappa shape index (κ1) is 28.8. The molecule has 0 aromatic heterocycles. The lowest BCUT2D eigenvalue weighted by molar-refractivity contribution is 0.433. The van der Waals surface area contributed by atoms with E-state index in [9.17, 15) is 0 Å². The predicted octanol–water partition coefficient (Wildman–Crippen LogP) is 11.5. The molecular weight excluding hydrogens is 508 g/mol. The fraction of sp³-hybridized carbons (Fsp3) is 0.700. The highest BCUT2D eigenvalue weighted by Gasteiger charge is 2.37. The van der Waals surface area contributed by atoms with Gasteiger partial charge in [0.2, 0.25) is 0 Å². The van der Waals surface area contributed by atoms with E-state index in [-0.39, 0.29) is 0 Å². The lowest BCUT2D eigenvalue weighted by Gasteiger charge is -2.39. The highest BCUT2D eigenvalue weighted by Crippen LogP contribution is 2.49. The largest absolute Gasteiger partial charge is 0.349 e. The molecule has 1 saturated heterocycles. The molecule has 4 saturated carbocycles. The first-order valence-electron chi connectivity index (χ1n) is 18.6. The monoisotopic (exact) mass is 566 g/mol. The molecule has 1 aliphatic heterocycles. The average molecular weight is 567 g/mol. The Bertz CT molecular complexity index is 996. The maximum absolute atomic E-state index is 2.91. The summed E-state index contributed by atoms with van der Waals surface area (Å²) in [5, 5.41) is 0. The van der Waals surface area contributed by atoms with Crippen LogP contribution in [0.2, 0.25) is 0 Å². The lowest BCUT2D eigenvalue weighted by atomic mass is 9.78. The minimum atomic E-state index is 0.421. The van der Waals surface area contributed by atoms with Crippen molar-refractivity contribution >= 4 is 11.4 Å². The van der Waals surface area contributed by atoms with Crippen LogP contribution >= 0.6 is 0 Å². The summed E-state index contributed by atoms with van der Waals surface area (Å²) in [6.07, 6.45) is 28.6. The van der Waals surface area contributed by atoms with Crippen molar-refractivity contribution in [2.75, 3.05) is 22.9 Å². The van der Waals surface area contributed by atoms with Crippen LogP contribution in [0, 0.1) is 0 Å². The molecule has 1 heterocycles. The summed E-state index contributed by atoms with van der Waals surface area (Å²) in [7, 11) is 0. The van der Waals surface area contributed by atoms with Gasteiger partial charge in [-0.05, 0) is 104 Å². The SMILES string of the molecule is CC1N(c2c(C3CCCCC3)cccc2C2CCCCC2)CCN1c1c(C2CCCCC2)cccc1C1CCCCC1. The second-order valence-electron chi connectivity index (χ2n) is 14.9. The number of nitrogens with zero attached hydrogens (tertiary/aromatic N) is 2. The minimum absolute atomic E-state index is 0.421. The Morgan fingerprint density at radius 2 is 0.667 bits per heavy atom. The van der Waals surface area contributed by atoms with E-state index in [0.717, 1.165) is 23.7 Å². The fourth-order valence-electron chi connectivity index (χ4n) is 10.2. The molecule has 0 amide bonds. The van der Waals surface area contributed by atoms with Gasteiger partial charge in [-0.2, -0.15) is 0 Å². The number of hydrogen-bond acceptors (Lipinski definition) is 2. The third-order valence-corrected chi connectivity index (χ3v) is 12.4. The van der Waals surface area contributed by atoms with Crippen molar-refractivity contribution in [1.29, 1.82) is 0 Å². The minimum Gasteiger partial charge on any atom is -0.349 e. The third-order valence-electron chi connectivity index (χ3n) is 12.4. The molecular formula is C40H58N2. The second kappa shape index (κ2) is 13.4. The molecule has 2 aromatic carbocycles. The van der Waals surface area contributed by atoms with E-state index in [2.05, 4.69) is 53.1 Å². The molecule has 2 nitrogen and oxygen atoms in total. The van der Waals surface area contributed by atoms with Gasteiger partial charge in [-0.3, -0.25) is 0 Å². The number of rotatable bonds is 6. The van der Waals surface area contributed by atoms with E-state index in [4.69, 9.17) is 0 Å². The molecule has 0 radical (unpaired) electrons. The Labute approximate surface area is 257 Å². The predicted molar refractivity (Wildman–Crippen MR) is 180 cm³/mol. The summed E-state index contributed by atoms with van der Waals surface area (Å²) < 4.78 is 0. The van der Waals surface area contributed by atoms with Crippen molar-refractivity contribution < 1.29 is 0 Å². The summed E-state index contributed by atoms with van der Waals surface area (Å²) in [6, 6.07) is 15.1. The van der Waals surface area contributed by atoms with Crippen molar-refractivity contribution in [2.45, 2.75) is 165 Å². The van der Waals surface area contributed by atoms with Crippen LogP contribution in [0.4, 0.5) is 11.4 Å². The second-order valence-corrected chi connectivity index (χ2v) is 14.9. The van der Waals surface area contributed by atoms with Gasteiger partial charge in [0.05, 0.1) is 6.17 Å². The van der Waals surface area contributed by atoms with Crippen LogP contribution in [0.3, 0.4) is 0 Å². The molecule has 0 unspecified atom stereocenters. The normalized spacial score (nSPS) is 24.5. The maximum atomic E-state index is 2.91. The lowest BCUT2D eigenvalue weighted by Crippen LogP contribution is -2.39. The number of para-hydroxylation sites is 2. The van der Waals surface area contributed by atoms with Crippen molar-refractivity contribution in [3.8, 4) is 0 Å². The summed E-state index contributed by atoms with van der Waals surface area (Å²) in [4.78, 5) is 5.83. The third kappa shape index (κ3) is 5.78. The zero-order valence-electron chi connectivity index (χ0n) is 26.8. The van der Waals surface area contributed by atoms with Gasteiger partial charge in [-0.25, -0.2) is 0 Å². The fourth-order valence-corrected chi connectivity index (χ4v) is 10.2. The number of benzene rings is 2. The Balaban J connectivity index is 1.28. The van der Waals surface area contributed by atoms with Crippen LogP contribution in [0.5, 0.6) is 0 Å². The molecule has 5 aliphatic rings. The molecule has 228 valence electrons. The molecule has 0 spiro atoms. The van der Waals surface area contributed by atoms with Gasteiger partial charge < -0.3 is 9.80 Å². The van der Waals surface area contributed by atoms with E-state index in [0.29, 0.717) is 6.17 Å². The van der Waals surface area contributed by atoms with Gasteiger partial charge in [-0.1, -0.05) is 113 Å². The Morgan fingerprint density at radius 1 is 0.405 bits per heavy atom. The zero-order chi connectivity index (χ0) is 28.3. The standard InChI is InChI=1S/C40H58N2/c1-30-41(39-35(31-16-6-2-7-17-31)24-14-25-36(39)32-18-8-3-9-19-32)28-29-42(30)40-37(33-20-10-4-11-21-33)26-15-27-38(40)34-22-12-5-13-23-34/h14-15,24-27,30-34H,2-13,16-23,28-29H2,1H3. The Kier molecular flexibility index (Phi) is 9.15. The molecule has 2 aromatic rings. The van der Waals surface area contributed by atoms with E-state index in [1.807, 2.05) is 0 Å². The molecule has 0 N–H and O–H groups in total. The molecule has 2 heteroatoms. The first-order chi connectivity index (χ1) is 20.8. The number of hydrogen-bond donors (Lipinski definition) is 0. The highest BCUT2D eigenvalue weighted by atomic mass is 15.4. The topological polar surface area (TPSA) is 6.48 Å². The van der Waals surface area contributed by atoms with Gasteiger partial charge in [0.25, 0.3) is 0 Å². The van der Waals surface area contributed by atoms with Crippen LogP contribution < -0.4 is 9.80 Å². The van der Waals surface area contributed by atoms with Crippen molar-refractivity contribution in [3.63, 3.8) is 0 Å². The smallest absolute Gasteiger partial charge is 0.0988 e. The molecule has 0 atom stereocenters. The van der Waals surface area contributed by atoms with Gasteiger partial charge in [0, 0.05) is 24.5 Å². The maximum Gasteiger partial charge on any atom is 0.0988 e. The van der Waals surface area contributed by atoms with Gasteiger partial charge in [0.1, 0.15) is 0 Å². The molecule has 42 heavy (non-hydrogen) atoms. The Hall–Kier alpha value is -1.96. The van der Waals surface area contributed by atoms with Crippen molar-refractivity contribution in [2.24, 2.45) is 0 Å². The molecule has 7 rings (SSSR count). The van der Waals surface area contributed by atoms with Crippen LogP contribution in [0.1, 0.15) is 181 Å². The van der Waals surface area contributed by atoms with Gasteiger partial charge in [-0.15, -0.1) is 0 Å². The van der Waals surface area contributed by atoms with Crippen LogP contribution in [-0.2, 0) is 0 Å². The van der Waals surface area contributed by atoms with E-state index in [1.54, 1.807) is 33.6 Å². The summed E-state index contributed by atoms with van der Waals surface area (Å²) >= 11 is 0. The van der Waals surface area contributed by atoms with Crippen molar-refractivity contribution in [1.82, 2.24) is 0 Å². The van der Waals surface area contributed by atoms with E-state index >= 15 is 0 Å². The van der Waals surface area contributed by atoms with E-state index < -0.39 is 0 Å².